The van der Waals surface area contributed by atoms with Gasteiger partial charge in [0.1, 0.15) is 11.5 Å². The zero-order valence-electron chi connectivity index (χ0n) is 13.4. The minimum absolute atomic E-state index is 0.143. The fourth-order valence-electron chi connectivity index (χ4n) is 2.16. The van der Waals surface area contributed by atoms with Gasteiger partial charge < -0.3 is 14.8 Å². The highest BCUT2D eigenvalue weighted by Gasteiger charge is 2.13. The van der Waals surface area contributed by atoms with Crippen molar-refractivity contribution in [2.24, 2.45) is 0 Å². The maximum absolute atomic E-state index is 12.4. The van der Waals surface area contributed by atoms with Crippen molar-refractivity contribution in [3.05, 3.63) is 58.7 Å². The van der Waals surface area contributed by atoms with E-state index in [1.165, 1.54) is 0 Å². The molecule has 0 bridgehead atoms. The number of amides is 1. The van der Waals surface area contributed by atoms with Gasteiger partial charge in [0.15, 0.2) is 0 Å². The molecule has 0 atom stereocenters. The van der Waals surface area contributed by atoms with Gasteiger partial charge in [-0.05, 0) is 54.8 Å². The van der Waals surface area contributed by atoms with Gasteiger partial charge in [0.05, 0.1) is 19.8 Å². The minimum atomic E-state index is -0.143. The number of carbonyl (C=O) groups excluding carboxylic acids is 1. The molecule has 0 aliphatic rings. The fourth-order valence-corrected chi connectivity index (χ4v) is 2.16. The van der Waals surface area contributed by atoms with E-state index in [1.807, 2.05) is 50.2 Å². The number of methoxy groups -OCH3 is 2. The van der Waals surface area contributed by atoms with Crippen molar-refractivity contribution in [3.63, 3.8) is 0 Å². The molecule has 0 aliphatic heterocycles. The first-order chi connectivity index (χ1) is 10.5. The van der Waals surface area contributed by atoms with Gasteiger partial charge >= 0.3 is 0 Å². The number of hydrogen-bond acceptors (Lipinski definition) is 3. The second-order valence-electron chi connectivity index (χ2n) is 5.17. The Labute approximate surface area is 131 Å². The van der Waals surface area contributed by atoms with E-state index in [-0.39, 0.29) is 5.91 Å². The molecule has 4 nitrogen and oxygen atoms in total. The van der Waals surface area contributed by atoms with E-state index in [0.29, 0.717) is 17.9 Å². The monoisotopic (exact) mass is 299 g/mol. The number of ether oxygens (including phenoxy) is 2. The summed E-state index contributed by atoms with van der Waals surface area (Å²) in [7, 11) is 3.20. The van der Waals surface area contributed by atoms with Crippen LogP contribution in [0.15, 0.2) is 36.4 Å². The minimum Gasteiger partial charge on any atom is -0.497 e. The molecule has 2 aromatic rings. The first-order valence-corrected chi connectivity index (χ1v) is 7.11. The van der Waals surface area contributed by atoms with Crippen molar-refractivity contribution in [2.45, 2.75) is 20.4 Å². The van der Waals surface area contributed by atoms with Crippen LogP contribution in [0.5, 0.6) is 11.5 Å². The third kappa shape index (κ3) is 3.58. The molecule has 0 heterocycles. The summed E-state index contributed by atoms with van der Waals surface area (Å²) in [5.41, 5.74) is 3.73. The lowest BCUT2D eigenvalue weighted by Gasteiger charge is -2.12. The van der Waals surface area contributed by atoms with Gasteiger partial charge in [-0.3, -0.25) is 4.79 Å². The molecule has 22 heavy (non-hydrogen) atoms. The van der Waals surface area contributed by atoms with E-state index in [9.17, 15) is 4.79 Å². The Morgan fingerprint density at radius 3 is 2.23 bits per heavy atom. The summed E-state index contributed by atoms with van der Waals surface area (Å²) in [4.78, 5) is 12.4. The maximum Gasteiger partial charge on any atom is 0.255 e. The number of hydrogen-bond donors (Lipinski definition) is 1. The molecule has 0 saturated carbocycles. The molecule has 4 heteroatoms. The van der Waals surface area contributed by atoms with Gasteiger partial charge in [-0.1, -0.05) is 12.1 Å². The fraction of sp³-hybridized carbons (Fsp3) is 0.278. The Balaban J connectivity index is 2.10. The molecule has 0 aliphatic carbocycles. The zero-order valence-corrected chi connectivity index (χ0v) is 13.4. The smallest absolute Gasteiger partial charge is 0.255 e. The lowest BCUT2D eigenvalue weighted by atomic mass is 10.0. The van der Waals surface area contributed by atoms with E-state index >= 15 is 0 Å². The number of aryl methyl sites for hydroxylation is 2. The van der Waals surface area contributed by atoms with E-state index < -0.39 is 0 Å². The molecule has 0 radical (unpaired) electrons. The van der Waals surface area contributed by atoms with Crippen molar-refractivity contribution in [2.75, 3.05) is 14.2 Å². The summed E-state index contributed by atoms with van der Waals surface area (Å²) in [5, 5.41) is 2.91. The molecule has 0 fully saturated rings. The Morgan fingerprint density at radius 2 is 1.64 bits per heavy atom. The highest BCUT2D eigenvalue weighted by atomic mass is 16.5. The predicted molar refractivity (Wildman–Crippen MR) is 86.6 cm³/mol. The van der Waals surface area contributed by atoms with E-state index in [1.54, 1.807) is 14.2 Å². The summed E-state index contributed by atoms with van der Waals surface area (Å²) in [5.74, 6) is 1.25. The number of carbonyl (C=O) groups is 1. The van der Waals surface area contributed by atoms with Crippen LogP contribution in [0.3, 0.4) is 0 Å². The molecular weight excluding hydrogens is 278 g/mol. The molecule has 1 amide bonds. The summed E-state index contributed by atoms with van der Waals surface area (Å²) in [6.07, 6.45) is 0. The maximum atomic E-state index is 12.4. The average molecular weight is 299 g/mol. The molecule has 1 N–H and O–H groups in total. The largest absolute Gasteiger partial charge is 0.497 e. The van der Waals surface area contributed by atoms with E-state index in [4.69, 9.17) is 9.47 Å². The Kier molecular flexibility index (Phi) is 5.04. The normalized spacial score (nSPS) is 10.2. The van der Waals surface area contributed by atoms with Crippen LogP contribution < -0.4 is 14.8 Å². The summed E-state index contributed by atoms with van der Waals surface area (Å²) < 4.78 is 10.4. The van der Waals surface area contributed by atoms with Gasteiger partial charge in [0, 0.05) is 6.54 Å². The quantitative estimate of drug-likeness (QED) is 0.922. The zero-order chi connectivity index (χ0) is 16.1. The average Bonchev–Trinajstić information content (AvgIpc) is 2.55. The second-order valence-corrected chi connectivity index (χ2v) is 5.17. The molecule has 2 aromatic carbocycles. The van der Waals surface area contributed by atoms with Crippen LogP contribution >= 0.6 is 0 Å². The number of nitrogens with one attached hydrogen (secondary N) is 1. The molecule has 116 valence electrons. The number of benzene rings is 2. The predicted octanol–water partition coefficient (Wildman–Crippen LogP) is 3.25. The molecular formula is C18H21NO3. The highest BCUT2D eigenvalue weighted by Crippen LogP contribution is 2.23. The Morgan fingerprint density at radius 1 is 1.00 bits per heavy atom. The van der Waals surface area contributed by atoms with Crippen LogP contribution in [0.1, 0.15) is 27.0 Å². The second kappa shape index (κ2) is 6.98. The van der Waals surface area contributed by atoms with Gasteiger partial charge in [-0.25, -0.2) is 0 Å². The lowest BCUT2D eigenvalue weighted by molar-refractivity contribution is 0.0948. The van der Waals surface area contributed by atoms with E-state index in [0.717, 1.165) is 22.4 Å². The molecule has 0 spiro atoms. The molecule has 0 saturated heterocycles. The standard InChI is InChI=1S/C18H21NO3/c1-12-9-16(17(22-4)10-13(12)2)18(20)19-11-14-5-7-15(21-3)8-6-14/h5-10H,11H2,1-4H3,(H,19,20). The molecule has 0 unspecified atom stereocenters. The summed E-state index contributed by atoms with van der Waals surface area (Å²) >= 11 is 0. The Bertz CT molecular complexity index is 663. The highest BCUT2D eigenvalue weighted by molar-refractivity contribution is 5.97. The summed E-state index contributed by atoms with van der Waals surface area (Å²) in [6, 6.07) is 11.3. The molecule has 0 aromatic heterocycles. The van der Waals surface area contributed by atoms with Crippen LogP contribution in [0.25, 0.3) is 0 Å². The van der Waals surface area contributed by atoms with Gasteiger partial charge in [-0.15, -0.1) is 0 Å². The molecule has 2 rings (SSSR count). The Hall–Kier alpha value is -2.49. The van der Waals surface area contributed by atoms with Crippen LogP contribution in [0, 0.1) is 13.8 Å². The summed E-state index contributed by atoms with van der Waals surface area (Å²) in [6.45, 7) is 4.44. The van der Waals surface area contributed by atoms with Crippen molar-refractivity contribution >= 4 is 5.91 Å². The SMILES string of the molecule is COc1ccc(CNC(=O)c2cc(C)c(C)cc2OC)cc1. The van der Waals surface area contributed by atoms with Crippen LogP contribution in [-0.2, 0) is 6.54 Å². The van der Waals surface area contributed by atoms with Crippen molar-refractivity contribution < 1.29 is 14.3 Å². The van der Waals surface area contributed by atoms with E-state index in [2.05, 4.69) is 5.32 Å². The van der Waals surface area contributed by atoms with Gasteiger partial charge in [0.2, 0.25) is 0 Å². The third-order valence-corrected chi connectivity index (χ3v) is 3.67. The van der Waals surface area contributed by atoms with Crippen LogP contribution in [-0.4, -0.2) is 20.1 Å². The van der Waals surface area contributed by atoms with Gasteiger partial charge in [-0.2, -0.15) is 0 Å². The van der Waals surface area contributed by atoms with Crippen molar-refractivity contribution in [1.29, 1.82) is 0 Å². The first kappa shape index (κ1) is 15.9. The first-order valence-electron chi connectivity index (χ1n) is 7.11. The third-order valence-electron chi connectivity index (χ3n) is 3.67. The van der Waals surface area contributed by atoms with Gasteiger partial charge in [0.25, 0.3) is 5.91 Å². The number of rotatable bonds is 5. The topological polar surface area (TPSA) is 47.6 Å². The van der Waals surface area contributed by atoms with Crippen molar-refractivity contribution in [1.82, 2.24) is 5.32 Å². The van der Waals surface area contributed by atoms with Crippen LogP contribution in [0.2, 0.25) is 0 Å². The lowest BCUT2D eigenvalue weighted by Crippen LogP contribution is -2.23. The van der Waals surface area contributed by atoms with Crippen LogP contribution in [0.4, 0.5) is 0 Å². The van der Waals surface area contributed by atoms with Crippen molar-refractivity contribution in [3.8, 4) is 11.5 Å².